The van der Waals surface area contributed by atoms with Gasteiger partial charge in [0.05, 0.1) is 12.5 Å². The maximum absolute atomic E-state index is 11.7. The highest BCUT2D eigenvalue weighted by molar-refractivity contribution is 5.91. The minimum atomic E-state index is -1.00. The molecule has 7 heteroatoms. The molecule has 0 aromatic carbocycles. The van der Waals surface area contributed by atoms with Crippen LogP contribution in [-0.2, 0) is 19.1 Å². The number of methoxy groups -OCH3 is 1. The molecule has 1 heterocycles. The van der Waals surface area contributed by atoms with Gasteiger partial charge in [-0.3, -0.25) is 14.4 Å². The maximum Gasteiger partial charge on any atom is 0.308 e. The average molecular weight is 258 g/mol. The first kappa shape index (κ1) is 14.4. The van der Waals surface area contributed by atoms with Crippen LogP contribution >= 0.6 is 0 Å². The summed E-state index contributed by atoms with van der Waals surface area (Å²) in [5.41, 5.74) is 0. The Bertz CT molecular complexity index is 344. The van der Waals surface area contributed by atoms with E-state index in [0.717, 1.165) is 0 Å². The third-order valence-corrected chi connectivity index (χ3v) is 2.96. The average Bonchev–Trinajstić information content (AvgIpc) is 2.70. The van der Waals surface area contributed by atoms with E-state index < -0.39 is 17.9 Å². The van der Waals surface area contributed by atoms with Gasteiger partial charge in [0, 0.05) is 26.6 Å². The molecule has 2 unspecified atom stereocenters. The minimum Gasteiger partial charge on any atom is -0.481 e. The monoisotopic (exact) mass is 258 g/mol. The van der Waals surface area contributed by atoms with Crippen LogP contribution in [0.15, 0.2) is 0 Å². The number of nitrogens with zero attached hydrogens (tertiary/aromatic N) is 1. The minimum absolute atomic E-state index is 0.0367. The van der Waals surface area contributed by atoms with E-state index in [9.17, 15) is 14.4 Å². The summed E-state index contributed by atoms with van der Waals surface area (Å²) < 4.78 is 4.79. The number of carboxylic acids is 1. The first-order valence-corrected chi connectivity index (χ1v) is 5.76. The second-order valence-corrected chi connectivity index (χ2v) is 4.25. The van der Waals surface area contributed by atoms with Gasteiger partial charge in [-0.15, -0.1) is 0 Å². The predicted octanol–water partition coefficient (Wildman–Crippen LogP) is -0.929. The van der Waals surface area contributed by atoms with Crippen LogP contribution in [0.25, 0.3) is 0 Å². The van der Waals surface area contributed by atoms with Gasteiger partial charge >= 0.3 is 5.97 Å². The number of carboxylic acid groups (broad SMARTS) is 1. The van der Waals surface area contributed by atoms with Gasteiger partial charge in [0.25, 0.3) is 0 Å². The number of likely N-dealkylation sites (tertiary alicyclic amines) is 1. The van der Waals surface area contributed by atoms with Crippen LogP contribution in [0.2, 0.25) is 0 Å². The molecule has 102 valence electrons. The summed E-state index contributed by atoms with van der Waals surface area (Å²) in [6, 6.07) is -0.654. The van der Waals surface area contributed by atoms with Gasteiger partial charge in [-0.25, -0.2) is 0 Å². The number of hydrogen-bond donors (Lipinski definition) is 2. The zero-order valence-electron chi connectivity index (χ0n) is 10.5. The summed E-state index contributed by atoms with van der Waals surface area (Å²) in [4.78, 5) is 35.4. The molecular weight excluding hydrogens is 240 g/mol. The summed E-state index contributed by atoms with van der Waals surface area (Å²) in [6.07, 6.45) is -0.0367. The van der Waals surface area contributed by atoms with E-state index >= 15 is 0 Å². The summed E-state index contributed by atoms with van der Waals surface area (Å²) in [5, 5.41) is 11.5. The molecule has 0 spiro atoms. The summed E-state index contributed by atoms with van der Waals surface area (Å²) in [5.74, 6) is -2.31. The van der Waals surface area contributed by atoms with Crippen molar-refractivity contribution in [3.05, 3.63) is 0 Å². The Balaban J connectivity index is 2.51. The first-order valence-electron chi connectivity index (χ1n) is 5.76. The Labute approximate surface area is 105 Å². The van der Waals surface area contributed by atoms with Gasteiger partial charge in [-0.1, -0.05) is 0 Å². The standard InChI is InChI=1S/C11H18N2O5/c1-7(10(15)12-3-4-18-2)13-6-8(11(16)17)5-9(13)14/h7-8H,3-6H2,1-2H3,(H,12,15)(H,16,17). The highest BCUT2D eigenvalue weighted by Gasteiger charge is 2.38. The molecule has 1 aliphatic heterocycles. The highest BCUT2D eigenvalue weighted by Crippen LogP contribution is 2.20. The second kappa shape index (κ2) is 6.34. The molecule has 0 aliphatic carbocycles. The first-order chi connectivity index (χ1) is 8.47. The molecule has 0 aromatic rings. The number of hydrogen-bond acceptors (Lipinski definition) is 4. The van der Waals surface area contributed by atoms with Crippen molar-refractivity contribution in [3.8, 4) is 0 Å². The smallest absolute Gasteiger partial charge is 0.308 e. The van der Waals surface area contributed by atoms with Crippen LogP contribution in [0.1, 0.15) is 13.3 Å². The number of nitrogens with one attached hydrogen (secondary N) is 1. The Kier molecular flexibility index (Phi) is 5.08. The van der Waals surface area contributed by atoms with Gasteiger partial charge in [0.2, 0.25) is 11.8 Å². The Morgan fingerprint density at radius 1 is 1.61 bits per heavy atom. The number of ether oxygens (including phenoxy) is 1. The van der Waals surface area contributed by atoms with Crippen molar-refractivity contribution in [1.29, 1.82) is 0 Å². The molecule has 0 bridgehead atoms. The lowest BCUT2D eigenvalue weighted by Gasteiger charge is -2.23. The van der Waals surface area contributed by atoms with E-state index in [-0.39, 0.29) is 24.8 Å². The van der Waals surface area contributed by atoms with Crippen molar-refractivity contribution in [2.75, 3.05) is 26.8 Å². The third-order valence-electron chi connectivity index (χ3n) is 2.96. The maximum atomic E-state index is 11.7. The molecule has 2 atom stereocenters. The van der Waals surface area contributed by atoms with Gasteiger partial charge in [0.1, 0.15) is 6.04 Å². The normalized spacial score (nSPS) is 20.9. The van der Waals surface area contributed by atoms with E-state index in [0.29, 0.717) is 13.2 Å². The largest absolute Gasteiger partial charge is 0.481 e. The second-order valence-electron chi connectivity index (χ2n) is 4.25. The zero-order chi connectivity index (χ0) is 13.7. The lowest BCUT2D eigenvalue weighted by atomic mass is 10.1. The summed E-state index contributed by atoms with van der Waals surface area (Å²) in [6.45, 7) is 2.44. The molecule has 2 amide bonds. The van der Waals surface area contributed by atoms with Crippen molar-refractivity contribution >= 4 is 17.8 Å². The zero-order valence-corrected chi connectivity index (χ0v) is 10.5. The molecule has 1 rings (SSSR count). The SMILES string of the molecule is COCCNC(=O)C(C)N1CC(C(=O)O)CC1=O. The van der Waals surface area contributed by atoms with Gasteiger partial charge < -0.3 is 20.1 Å². The van der Waals surface area contributed by atoms with Gasteiger partial charge in [-0.2, -0.15) is 0 Å². The molecule has 1 fully saturated rings. The number of carbonyl (C=O) groups excluding carboxylic acids is 2. The molecule has 2 N–H and O–H groups in total. The van der Waals surface area contributed by atoms with E-state index in [1.807, 2.05) is 0 Å². The quantitative estimate of drug-likeness (QED) is 0.600. The fourth-order valence-corrected chi connectivity index (χ4v) is 1.84. The lowest BCUT2D eigenvalue weighted by molar-refractivity contribution is -0.141. The van der Waals surface area contributed by atoms with E-state index in [1.54, 1.807) is 6.92 Å². The highest BCUT2D eigenvalue weighted by atomic mass is 16.5. The summed E-state index contributed by atoms with van der Waals surface area (Å²) >= 11 is 0. The predicted molar refractivity (Wildman–Crippen MR) is 61.8 cm³/mol. The van der Waals surface area contributed by atoms with Crippen LogP contribution in [0.4, 0.5) is 0 Å². The fraction of sp³-hybridized carbons (Fsp3) is 0.727. The molecule has 7 nitrogen and oxygen atoms in total. The molecule has 0 radical (unpaired) electrons. The number of aliphatic carboxylic acids is 1. The van der Waals surface area contributed by atoms with Crippen molar-refractivity contribution in [2.24, 2.45) is 5.92 Å². The molecule has 1 aliphatic rings. The number of rotatable bonds is 6. The third kappa shape index (κ3) is 3.43. The van der Waals surface area contributed by atoms with Crippen molar-refractivity contribution in [3.63, 3.8) is 0 Å². The lowest BCUT2D eigenvalue weighted by Crippen LogP contribution is -2.46. The van der Waals surface area contributed by atoms with Crippen LogP contribution < -0.4 is 5.32 Å². The molecule has 0 aromatic heterocycles. The molecule has 0 saturated carbocycles. The fourth-order valence-electron chi connectivity index (χ4n) is 1.84. The van der Waals surface area contributed by atoms with Crippen molar-refractivity contribution in [2.45, 2.75) is 19.4 Å². The Hall–Kier alpha value is -1.63. The van der Waals surface area contributed by atoms with Crippen LogP contribution in [0.5, 0.6) is 0 Å². The Morgan fingerprint density at radius 3 is 2.78 bits per heavy atom. The van der Waals surface area contributed by atoms with E-state index in [2.05, 4.69) is 5.32 Å². The number of carbonyl (C=O) groups is 3. The molecule has 18 heavy (non-hydrogen) atoms. The van der Waals surface area contributed by atoms with Crippen LogP contribution in [0.3, 0.4) is 0 Å². The Morgan fingerprint density at radius 2 is 2.28 bits per heavy atom. The van der Waals surface area contributed by atoms with Crippen molar-refractivity contribution < 1.29 is 24.2 Å². The van der Waals surface area contributed by atoms with Crippen LogP contribution in [0, 0.1) is 5.92 Å². The topological polar surface area (TPSA) is 95.9 Å². The van der Waals surface area contributed by atoms with Gasteiger partial charge in [0.15, 0.2) is 0 Å². The van der Waals surface area contributed by atoms with Crippen molar-refractivity contribution in [1.82, 2.24) is 10.2 Å². The van der Waals surface area contributed by atoms with E-state index in [1.165, 1.54) is 12.0 Å². The van der Waals surface area contributed by atoms with Gasteiger partial charge in [-0.05, 0) is 6.92 Å². The van der Waals surface area contributed by atoms with Crippen LogP contribution in [-0.4, -0.2) is 60.6 Å². The molecule has 1 saturated heterocycles. The van der Waals surface area contributed by atoms with E-state index in [4.69, 9.17) is 9.84 Å². The number of amides is 2. The summed E-state index contributed by atoms with van der Waals surface area (Å²) in [7, 11) is 1.52. The molecular formula is C11H18N2O5.